The summed E-state index contributed by atoms with van der Waals surface area (Å²) >= 11 is 7.34. The quantitative estimate of drug-likeness (QED) is 0.599. The third-order valence-corrected chi connectivity index (χ3v) is 4.95. The van der Waals surface area contributed by atoms with Crippen LogP contribution in [0.4, 0.5) is 10.1 Å². The minimum absolute atomic E-state index is 0.130. The van der Waals surface area contributed by atoms with Crippen LogP contribution in [0.5, 0.6) is 5.75 Å². The van der Waals surface area contributed by atoms with Gasteiger partial charge in [0.05, 0.1) is 5.03 Å². The van der Waals surface area contributed by atoms with Crippen LogP contribution in [0, 0.1) is 17.1 Å². The predicted octanol–water partition coefficient (Wildman–Crippen LogP) is 4.96. The van der Waals surface area contributed by atoms with Crippen molar-refractivity contribution in [2.45, 2.75) is 13.0 Å². The number of aromatic nitrogens is 2. The van der Waals surface area contributed by atoms with E-state index in [0.717, 1.165) is 16.9 Å². The van der Waals surface area contributed by atoms with Gasteiger partial charge < -0.3 is 10.1 Å². The fraction of sp³-hybridized carbons (Fsp3) is 0.100. The second-order valence-electron chi connectivity index (χ2n) is 5.82. The zero-order chi connectivity index (χ0) is 20.8. The van der Waals surface area contributed by atoms with Crippen molar-refractivity contribution < 1.29 is 13.9 Å². The monoisotopic (exact) mass is 428 g/mol. The van der Waals surface area contributed by atoms with Crippen LogP contribution in [0.2, 0.25) is 0 Å². The highest BCUT2D eigenvalue weighted by Crippen LogP contribution is 2.26. The predicted molar refractivity (Wildman–Crippen MR) is 110 cm³/mol. The maximum absolute atomic E-state index is 12.9. The molecule has 3 rings (SSSR count). The molecule has 1 amide bonds. The minimum atomic E-state index is -0.541. The summed E-state index contributed by atoms with van der Waals surface area (Å²) < 4.78 is 18.3. The second kappa shape index (κ2) is 9.28. The third kappa shape index (κ3) is 5.60. The van der Waals surface area contributed by atoms with E-state index in [0.29, 0.717) is 21.5 Å². The molecule has 0 aliphatic rings. The molecule has 0 aliphatic heterocycles. The Morgan fingerprint density at radius 1 is 1.21 bits per heavy atom. The lowest BCUT2D eigenvalue weighted by Crippen LogP contribution is -2.11. The number of nitrogens with one attached hydrogen (secondary N) is 1. The van der Waals surface area contributed by atoms with Gasteiger partial charge in [-0.15, -0.1) is 10.2 Å². The molecule has 0 fully saturated rings. The van der Waals surface area contributed by atoms with E-state index in [4.69, 9.17) is 21.6 Å². The summed E-state index contributed by atoms with van der Waals surface area (Å²) in [6.07, 6.45) is 1.14. The standard InChI is InChI=1S/C20H14ClFN4O2S/c1-12(11-23)28-16-8-2-13(3-9-16)10-17(21)19-25-26-20(29-19)18(27)24-15-6-4-14(22)5-7-15/h2-10,12H,1H3,(H,24,27)/b17-10+. The van der Waals surface area contributed by atoms with E-state index in [1.807, 2.05) is 6.07 Å². The molecule has 9 heteroatoms. The van der Waals surface area contributed by atoms with Crippen molar-refractivity contribution in [2.24, 2.45) is 0 Å². The molecule has 1 unspecified atom stereocenters. The third-order valence-electron chi connectivity index (χ3n) is 3.59. The molecule has 3 aromatic rings. The maximum atomic E-state index is 12.9. The largest absolute Gasteiger partial charge is 0.476 e. The topological polar surface area (TPSA) is 87.9 Å². The number of nitriles is 1. The first-order chi connectivity index (χ1) is 13.9. The Morgan fingerprint density at radius 3 is 2.52 bits per heavy atom. The molecule has 1 N–H and O–H groups in total. The van der Waals surface area contributed by atoms with Crippen LogP contribution in [0.25, 0.3) is 11.1 Å². The van der Waals surface area contributed by atoms with Gasteiger partial charge in [-0.25, -0.2) is 4.39 Å². The van der Waals surface area contributed by atoms with Crippen molar-refractivity contribution in [3.63, 3.8) is 0 Å². The van der Waals surface area contributed by atoms with Crippen molar-refractivity contribution in [1.29, 1.82) is 5.26 Å². The summed E-state index contributed by atoms with van der Waals surface area (Å²) in [6, 6.07) is 14.4. The van der Waals surface area contributed by atoms with Crippen LogP contribution in [0.1, 0.15) is 27.3 Å². The Bertz CT molecular complexity index is 1080. The SMILES string of the molecule is CC(C#N)Oc1ccc(/C=C(/Cl)c2nnc(C(=O)Nc3ccc(F)cc3)s2)cc1. The van der Waals surface area contributed by atoms with Gasteiger partial charge in [-0.3, -0.25) is 4.79 Å². The summed E-state index contributed by atoms with van der Waals surface area (Å²) in [7, 11) is 0. The highest BCUT2D eigenvalue weighted by Gasteiger charge is 2.15. The Kier molecular flexibility index (Phi) is 6.54. The van der Waals surface area contributed by atoms with E-state index in [9.17, 15) is 9.18 Å². The first-order valence-corrected chi connectivity index (χ1v) is 9.58. The van der Waals surface area contributed by atoms with Gasteiger partial charge in [0.2, 0.25) is 5.01 Å². The number of carbonyl (C=O) groups excluding carboxylic acids is 1. The lowest BCUT2D eigenvalue weighted by molar-refractivity contribution is 0.102. The average Bonchev–Trinajstić information content (AvgIpc) is 3.22. The smallest absolute Gasteiger partial charge is 0.286 e. The lowest BCUT2D eigenvalue weighted by Gasteiger charge is -2.07. The van der Waals surface area contributed by atoms with E-state index in [1.165, 1.54) is 24.3 Å². The number of hydrogen-bond donors (Lipinski definition) is 1. The van der Waals surface area contributed by atoms with Gasteiger partial charge >= 0.3 is 0 Å². The Labute approximate surface area is 175 Å². The summed E-state index contributed by atoms with van der Waals surface area (Å²) in [5.74, 6) is -0.279. The number of amides is 1. The van der Waals surface area contributed by atoms with Crippen LogP contribution < -0.4 is 10.1 Å². The average molecular weight is 429 g/mol. The minimum Gasteiger partial charge on any atom is -0.476 e. The molecule has 1 atom stereocenters. The molecule has 6 nitrogen and oxygen atoms in total. The van der Waals surface area contributed by atoms with E-state index < -0.39 is 17.8 Å². The van der Waals surface area contributed by atoms with Gasteiger partial charge in [-0.05, 0) is 55.0 Å². The number of hydrogen-bond acceptors (Lipinski definition) is 6. The molecule has 0 bridgehead atoms. The molecule has 146 valence electrons. The highest BCUT2D eigenvalue weighted by molar-refractivity contribution is 7.15. The van der Waals surface area contributed by atoms with Gasteiger partial charge in [-0.1, -0.05) is 35.1 Å². The molecule has 1 aromatic heterocycles. The van der Waals surface area contributed by atoms with Gasteiger partial charge in [0.25, 0.3) is 5.91 Å². The number of ether oxygens (including phenoxy) is 1. The van der Waals surface area contributed by atoms with Crippen molar-refractivity contribution >= 4 is 45.6 Å². The van der Waals surface area contributed by atoms with Crippen molar-refractivity contribution in [1.82, 2.24) is 10.2 Å². The van der Waals surface area contributed by atoms with Crippen LogP contribution in [0.3, 0.4) is 0 Å². The van der Waals surface area contributed by atoms with Crippen LogP contribution >= 0.6 is 22.9 Å². The van der Waals surface area contributed by atoms with Crippen LogP contribution in [0.15, 0.2) is 48.5 Å². The zero-order valence-electron chi connectivity index (χ0n) is 15.1. The molecule has 0 saturated heterocycles. The van der Waals surface area contributed by atoms with Gasteiger partial charge in [-0.2, -0.15) is 5.26 Å². The Morgan fingerprint density at radius 2 is 1.86 bits per heavy atom. The molecule has 2 aromatic carbocycles. The fourth-order valence-corrected chi connectivity index (χ4v) is 3.14. The Hall–Kier alpha value is -3.28. The maximum Gasteiger partial charge on any atom is 0.286 e. The summed E-state index contributed by atoms with van der Waals surface area (Å²) in [6.45, 7) is 1.66. The number of benzene rings is 2. The first-order valence-electron chi connectivity index (χ1n) is 8.39. The van der Waals surface area contributed by atoms with Gasteiger partial charge in [0.15, 0.2) is 11.1 Å². The number of rotatable bonds is 6. The highest BCUT2D eigenvalue weighted by atomic mass is 35.5. The second-order valence-corrected chi connectivity index (χ2v) is 7.21. The molecule has 1 heterocycles. The van der Waals surface area contributed by atoms with Gasteiger partial charge in [0.1, 0.15) is 17.6 Å². The summed E-state index contributed by atoms with van der Waals surface area (Å²) in [5, 5.41) is 20.0. The van der Waals surface area contributed by atoms with Gasteiger partial charge in [0, 0.05) is 5.69 Å². The van der Waals surface area contributed by atoms with E-state index in [-0.39, 0.29) is 5.01 Å². The van der Waals surface area contributed by atoms with E-state index in [1.54, 1.807) is 37.3 Å². The molecular weight excluding hydrogens is 415 g/mol. The van der Waals surface area contributed by atoms with Crippen molar-refractivity contribution in [3.05, 3.63) is 69.9 Å². The molecular formula is C20H14ClFN4O2S. The first kappa shape index (κ1) is 20.5. The molecule has 0 aliphatic carbocycles. The van der Waals surface area contributed by atoms with Crippen LogP contribution in [-0.4, -0.2) is 22.2 Å². The van der Waals surface area contributed by atoms with E-state index >= 15 is 0 Å². The fourth-order valence-electron chi connectivity index (χ4n) is 2.21. The van der Waals surface area contributed by atoms with E-state index in [2.05, 4.69) is 15.5 Å². The summed E-state index contributed by atoms with van der Waals surface area (Å²) in [5.41, 5.74) is 1.24. The molecule has 29 heavy (non-hydrogen) atoms. The lowest BCUT2D eigenvalue weighted by atomic mass is 10.2. The molecule has 0 spiro atoms. The number of nitrogens with zero attached hydrogens (tertiary/aromatic N) is 3. The van der Waals surface area contributed by atoms with Crippen LogP contribution in [-0.2, 0) is 0 Å². The zero-order valence-corrected chi connectivity index (χ0v) is 16.7. The molecule has 0 radical (unpaired) electrons. The van der Waals surface area contributed by atoms with Crippen molar-refractivity contribution in [3.8, 4) is 11.8 Å². The number of anilines is 1. The Balaban J connectivity index is 1.68. The molecule has 0 saturated carbocycles. The number of halogens is 2. The normalized spacial score (nSPS) is 12.1. The number of carbonyl (C=O) groups is 1. The van der Waals surface area contributed by atoms with Crippen molar-refractivity contribution in [2.75, 3.05) is 5.32 Å². The summed E-state index contributed by atoms with van der Waals surface area (Å²) in [4.78, 5) is 12.2.